The van der Waals surface area contributed by atoms with Crippen LogP contribution in [0.2, 0.25) is 0 Å². The van der Waals surface area contributed by atoms with Gasteiger partial charge in [-0.05, 0) is 25.1 Å². The largest absolute Gasteiger partial charge is 0.439 e. The Labute approximate surface area is 124 Å². The number of carbonyl (C=O) groups is 1. The molecule has 0 saturated heterocycles. The molecule has 0 aliphatic rings. The summed E-state index contributed by atoms with van der Waals surface area (Å²) in [4.78, 5) is 16.1. The molecule has 2 unspecified atom stereocenters. The zero-order valence-electron chi connectivity index (χ0n) is 12.1. The van der Waals surface area contributed by atoms with Crippen molar-refractivity contribution in [1.29, 1.82) is 0 Å². The van der Waals surface area contributed by atoms with E-state index in [-0.39, 0.29) is 17.9 Å². The quantitative estimate of drug-likeness (QED) is 0.885. The van der Waals surface area contributed by atoms with Gasteiger partial charge in [0.2, 0.25) is 11.8 Å². The van der Waals surface area contributed by atoms with Gasteiger partial charge >= 0.3 is 0 Å². The number of nitrogens with zero attached hydrogens (tertiary/aromatic N) is 1. The highest BCUT2D eigenvalue weighted by atomic mass is 16.5. The first-order chi connectivity index (χ1) is 10.1. The molecule has 5 nitrogen and oxygen atoms in total. The summed E-state index contributed by atoms with van der Waals surface area (Å²) in [5.74, 6) is 0.746. The number of hydrogen-bond donors (Lipinski definition) is 2. The van der Waals surface area contributed by atoms with Crippen LogP contribution in [0.4, 0.5) is 5.69 Å². The Morgan fingerprint density at radius 2 is 2.05 bits per heavy atom. The molecule has 1 aromatic heterocycles. The second kappa shape index (κ2) is 6.85. The first-order valence-corrected chi connectivity index (χ1v) is 6.81. The minimum absolute atomic E-state index is 0.111. The van der Waals surface area contributed by atoms with E-state index in [9.17, 15) is 4.79 Å². The van der Waals surface area contributed by atoms with Gasteiger partial charge in [0.05, 0.1) is 5.92 Å². The Balaban J connectivity index is 2.06. The summed E-state index contributed by atoms with van der Waals surface area (Å²) >= 11 is 0. The molecule has 1 heterocycles. The molecule has 2 atom stereocenters. The first-order valence-electron chi connectivity index (χ1n) is 6.81. The number of hydrogen-bond acceptors (Lipinski definition) is 4. The van der Waals surface area contributed by atoms with Crippen molar-refractivity contribution in [2.24, 2.45) is 11.7 Å². The molecular formula is C16H19N3O2. The van der Waals surface area contributed by atoms with Gasteiger partial charge in [-0.3, -0.25) is 4.79 Å². The molecule has 5 heteroatoms. The number of carbonyl (C=O) groups excluding carboxylic acids is 1. The highest BCUT2D eigenvalue weighted by molar-refractivity contribution is 5.92. The fourth-order valence-electron chi connectivity index (χ4n) is 1.66. The third-order valence-electron chi connectivity index (χ3n) is 3.16. The number of aromatic nitrogens is 1. The predicted octanol–water partition coefficient (Wildman–Crippen LogP) is 2.80. The predicted molar refractivity (Wildman–Crippen MR) is 82.2 cm³/mol. The summed E-state index contributed by atoms with van der Waals surface area (Å²) in [5.41, 5.74) is 6.40. The first kappa shape index (κ1) is 15.0. The van der Waals surface area contributed by atoms with Crippen LogP contribution in [0, 0.1) is 5.92 Å². The highest BCUT2D eigenvalue weighted by Crippen LogP contribution is 2.22. The van der Waals surface area contributed by atoms with E-state index >= 15 is 0 Å². The van der Waals surface area contributed by atoms with Gasteiger partial charge in [-0.2, -0.15) is 0 Å². The SMILES string of the molecule is CC(N)C(C)C(=O)Nc1cccc(Oc2ccccn2)c1. The van der Waals surface area contributed by atoms with Gasteiger partial charge in [-0.1, -0.05) is 19.1 Å². The summed E-state index contributed by atoms with van der Waals surface area (Å²) in [5, 5.41) is 2.83. The standard InChI is InChI=1S/C16H19N3O2/c1-11(12(2)17)16(20)19-13-6-5-7-14(10-13)21-15-8-3-4-9-18-15/h3-12H,17H2,1-2H3,(H,19,20). The molecule has 0 bridgehead atoms. The summed E-state index contributed by atoms with van der Waals surface area (Å²) in [6.45, 7) is 3.61. The average Bonchev–Trinajstić information content (AvgIpc) is 2.47. The van der Waals surface area contributed by atoms with Crippen LogP contribution in [0.5, 0.6) is 11.6 Å². The van der Waals surface area contributed by atoms with Crippen molar-refractivity contribution in [3.8, 4) is 11.6 Å². The molecule has 2 rings (SSSR count). The molecule has 0 spiro atoms. The lowest BCUT2D eigenvalue weighted by Gasteiger charge is -2.15. The van der Waals surface area contributed by atoms with E-state index in [2.05, 4.69) is 10.3 Å². The zero-order valence-corrected chi connectivity index (χ0v) is 12.1. The topological polar surface area (TPSA) is 77.2 Å². The fraction of sp³-hybridized carbons (Fsp3) is 0.250. The van der Waals surface area contributed by atoms with Crippen molar-refractivity contribution in [2.75, 3.05) is 5.32 Å². The van der Waals surface area contributed by atoms with Gasteiger partial charge in [-0.25, -0.2) is 4.98 Å². The van der Waals surface area contributed by atoms with E-state index in [1.807, 2.05) is 25.1 Å². The number of pyridine rings is 1. The van der Waals surface area contributed by atoms with Crippen LogP contribution in [0.1, 0.15) is 13.8 Å². The van der Waals surface area contributed by atoms with E-state index in [1.165, 1.54) is 0 Å². The van der Waals surface area contributed by atoms with Gasteiger partial charge < -0.3 is 15.8 Å². The summed E-state index contributed by atoms with van der Waals surface area (Å²) in [7, 11) is 0. The maximum absolute atomic E-state index is 12.0. The molecule has 0 fully saturated rings. The number of ether oxygens (including phenoxy) is 1. The number of amides is 1. The molecule has 1 amide bonds. The van der Waals surface area contributed by atoms with Crippen LogP contribution < -0.4 is 15.8 Å². The zero-order chi connectivity index (χ0) is 15.2. The second-order valence-electron chi connectivity index (χ2n) is 4.93. The number of nitrogens with one attached hydrogen (secondary N) is 1. The lowest BCUT2D eigenvalue weighted by atomic mass is 10.0. The molecule has 110 valence electrons. The van der Waals surface area contributed by atoms with Crippen LogP contribution in [-0.2, 0) is 4.79 Å². The molecule has 2 aromatic rings. The Morgan fingerprint density at radius 1 is 1.24 bits per heavy atom. The molecule has 0 saturated carbocycles. The Hall–Kier alpha value is -2.40. The number of benzene rings is 1. The third kappa shape index (κ3) is 4.29. The van der Waals surface area contributed by atoms with E-state index < -0.39 is 0 Å². The molecule has 0 aliphatic carbocycles. The van der Waals surface area contributed by atoms with Crippen LogP contribution in [0.15, 0.2) is 48.7 Å². The van der Waals surface area contributed by atoms with E-state index in [1.54, 1.807) is 37.4 Å². The monoisotopic (exact) mass is 285 g/mol. The van der Waals surface area contributed by atoms with Gasteiger partial charge in [0.15, 0.2) is 0 Å². The van der Waals surface area contributed by atoms with Crippen molar-refractivity contribution >= 4 is 11.6 Å². The molecule has 0 aliphatic heterocycles. The third-order valence-corrected chi connectivity index (χ3v) is 3.16. The maximum Gasteiger partial charge on any atom is 0.228 e. The Bertz CT molecular complexity index is 599. The smallest absolute Gasteiger partial charge is 0.228 e. The van der Waals surface area contributed by atoms with Crippen LogP contribution in [0.3, 0.4) is 0 Å². The minimum Gasteiger partial charge on any atom is -0.439 e. The lowest BCUT2D eigenvalue weighted by molar-refractivity contribution is -0.119. The van der Waals surface area contributed by atoms with Crippen LogP contribution in [-0.4, -0.2) is 16.9 Å². The lowest BCUT2D eigenvalue weighted by Crippen LogP contribution is -2.34. The van der Waals surface area contributed by atoms with Gasteiger partial charge in [0.25, 0.3) is 0 Å². The van der Waals surface area contributed by atoms with Gasteiger partial charge in [-0.15, -0.1) is 0 Å². The van der Waals surface area contributed by atoms with Crippen molar-refractivity contribution in [3.05, 3.63) is 48.7 Å². The van der Waals surface area contributed by atoms with Crippen molar-refractivity contribution < 1.29 is 9.53 Å². The highest BCUT2D eigenvalue weighted by Gasteiger charge is 2.17. The maximum atomic E-state index is 12.0. The Kier molecular flexibility index (Phi) is 4.90. The van der Waals surface area contributed by atoms with E-state index in [0.29, 0.717) is 17.3 Å². The Morgan fingerprint density at radius 3 is 2.71 bits per heavy atom. The molecule has 1 aromatic carbocycles. The summed E-state index contributed by atoms with van der Waals surface area (Å²) in [6, 6.07) is 12.4. The van der Waals surface area contributed by atoms with Crippen molar-refractivity contribution in [3.63, 3.8) is 0 Å². The normalized spacial score (nSPS) is 13.3. The van der Waals surface area contributed by atoms with Crippen molar-refractivity contribution in [2.45, 2.75) is 19.9 Å². The molecule has 21 heavy (non-hydrogen) atoms. The van der Waals surface area contributed by atoms with E-state index in [0.717, 1.165) is 0 Å². The van der Waals surface area contributed by atoms with Gasteiger partial charge in [0.1, 0.15) is 5.75 Å². The number of anilines is 1. The minimum atomic E-state index is -0.259. The summed E-state index contributed by atoms with van der Waals surface area (Å²) in [6.07, 6.45) is 1.66. The van der Waals surface area contributed by atoms with Crippen LogP contribution in [0.25, 0.3) is 0 Å². The molecular weight excluding hydrogens is 266 g/mol. The molecule has 3 N–H and O–H groups in total. The van der Waals surface area contributed by atoms with Crippen LogP contribution >= 0.6 is 0 Å². The van der Waals surface area contributed by atoms with Crippen molar-refractivity contribution in [1.82, 2.24) is 4.98 Å². The fourth-order valence-corrected chi connectivity index (χ4v) is 1.66. The average molecular weight is 285 g/mol. The second-order valence-corrected chi connectivity index (χ2v) is 4.93. The van der Waals surface area contributed by atoms with Gasteiger partial charge in [0, 0.05) is 30.1 Å². The number of rotatable bonds is 5. The summed E-state index contributed by atoms with van der Waals surface area (Å²) < 4.78 is 5.62. The molecule has 0 radical (unpaired) electrons. The number of nitrogens with two attached hydrogens (primary N) is 1. The van der Waals surface area contributed by atoms with E-state index in [4.69, 9.17) is 10.5 Å².